The van der Waals surface area contributed by atoms with Crippen molar-refractivity contribution in [2.24, 2.45) is 17.8 Å². The number of ether oxygens (including phenoxy) is 1. The van der Waals surface area contributed by atoms with Crippen LogP contribution in [0.2, 0.25) is 0 Å². The average molecular weight is 413 g/mol. The second kappa shape index (κ2) is 8.08. The van der Waals surface area contributed by atoms with Gasteiger partial charge in [-0.3, -0.25) is 14.9 Å². The van der Waals surface area contributed by atoms with Gasteiger partial charge in [0, 0.05) is 18.2 Å². The molecule has 1 aromatic carbocycles. The van der Waals surface area contributed by atoms with Crippen molar-refractivity contribution in [3.63, 3.8) is 0 Å². The van der Waals surface area contributed by atoms with Gasteiger partial charge in [-0.05, 0) is 80.5 Å². The SMILES string of the molecule is CC(=O)Nc1ccc(C(=O)OCC(=O)NC(=O)NC23CC4CC(CC(C4)C2)C3)cc1. The molecule has 0 aliphatic heterocycles. The molecule has 0 unspecified atom stereocenters. The number of benzene rings is 1. The van der Waals surface area contributed by atoms with Gasteiger partial charge in [0.2, 0.25) is 5.91 Å². The highest BCUT2D eigenvalue weighted by Gasteiger charge is 2.51. The first kappa shape index (κ1) is 20.4. The third kappa shape index (κ3) is 4.63. The van der Waals surface area contributed by atoms with Crippen LogP contribution >= 0.6 is 0 Å². The molecule has 4 amide bonds. The van der Waals surface area contributed by atoms with Crippen LogP contribution in [-0.2, 0) is 14.3 Å². The number of carbonyl (C=O) groups excluding carboxylic acids is 4. The van der Waals surface area contributed by atoms with Gasteiger partial charge in [0.1, 0.15) is 0 Å². The molecule has 4 aliphatic carbocycles. The molecular weight excluding hydrogens is 386 g/mol. The van der Waals surface area contributed by atoms with Crippen LogP contribution in [-0.4, -0.2) is 36.0 Å². The summed E-state index contributed by atoms with van der Waals surface area (Å²) in [5.41, 5.74) is 0.610. The van der Waals surface area contributed by atoms with Crippen LogP contribution in [0, 0.1) is 17.8 Å². The third-order valence-electron chi connectivity index (χ3n) is 6.45. The molecule has 0 spiro atoms. The van der Waals surface area contributed by atoms with Crippen LogP contribution < -0.4 is 16.0 Å². The molecule has 30 heavy (non-hydrogen) atoms. The van der Waals surface area contributed by atoms with Crippen molar-refractivity contribution in [1.82, 2.24) is 10.6 Å². The van der Waals surface area contributed by atoms with Crippen LogP contribution in [0.15, 0.2) is 24.3 Å². The molecule has 8 heteroatoms. The summed E-state index contributed by atoms with van der Waals surface area (Å²) in [6.07, 6.45) is 6.77. The largest absolute Gasteiger partial charge is 0.452 e. The van der Waals surface area contributed by atoms with Crippen molar-refractivity contribution in [2.75, 3.05) is 11.9 Å². The molecule has 4 fully saturated rings. The number of hydrogen-bond donors (Lipinski definition) is 3. The van der Waals surface area contributed by atoms with Gasteiger partial charge >= 0.3 is 12.0 Å². The molecule has 4 saturated carbocycles. The zero-order valence-electron chi connectivity index (χ0n) is 17.0. The van der Waals surface area contributed by atoms with Gasteiger partial charge in [-0.2, -0.15) is 0 Å². The second-order valence-corrected chi connectivity index (χ2v) is 9.03. The fourth-order valence-electron chi connectivity index (χ4n) is 5.81. The maximum Gasteiger partial charge on any atom is 0.338 e. The van der Waals surface area contributed by atoms with E-state index in [1.54, 1.807) is 12.1 Å². The molecule has 8 nitrogen and oxygen atoms in total. The summed E-state index contributed by atoms with van der Waals surface area (Å²) in [6, 6.07) is 5.60. The molecule has 0 atom stereocenters. The molecule has 5 rings (SSSR count). The topological polar surface area (TPSA) is 114 Å². The van der Waals surface area contributed by atoms with E-state index in [4.69, 9.17) is 4.74 Å². The molecule has 4 bridgehead atoms. The number of rotatable bonds is 5. The molecule has 160 valence electrons. The predicted molar refractivity (Wildman–Crippen MR) is 109 cm³/mol. The molecule has 0 heterocycles. The van der Waals surface area contributed by atoms with Crippen LogP contribution in [0.25, 0.3) is 0 Å². The Kier molecular flexibility index (Phi) is 5.49. The van der Waals surface area contributed by atoms with Gasteiger partial charge in [-0.15, -0.1) is 0 Å². The Balaban J connectivity index is 1.23. The van der Waals surface area contributed by atoms with E-state index in [9.17, 15) is 19.2 Å². The third-order valence-corrected chi connectivity index (χ3v) is 6.45. The summed E-state index contributed by atoms with van der Waals surface area (Å²) in [7, 11) is 0. The van der Waals surface area contributed by atoms with Gasteiger partial charge in [-0.1, -0.05) is 0 Å². The second-order valence-electron chi connectivity index (χ2n) is 9.03. The smallest absolute Gasteiger partial charge is 0.338 e. The van der Waals surface area contributed by atoms with E-state index in [0.29, 0.717) is 23.4 Å². The predicted octanol–water partition coefficient (Wildman–Crippen LogP) is 2.60. The zero-order valence-corrected chi connectivity index (χ0v) is 17.0. The first-order valence-electron chi connectivity index (χ1n) is 10.5. The Bertz CT molecular complexity index is 829. The lowest BCUT2D eigenvalue weighted by Crippen LogP contribution is -2.62. The highest BCUT2D eigenvalue weighted by atomic mass is 16.5. The summed E-state index contributed by atoms with van der Waals surface area (Å²) in [4.78, 5) is 47.5. The van der Waals surface area contributed by atoms with Crippen molar-refractivity contribution < 1.29 is 23.9 Å². The Hall–Kier alpha value is -2.90. The minimum atomic E-state index is -0.680. The van der Waals surface area contributed by atoms with E-state index in [2.05, 4.69) is 16.0 Å². The normalized spacial score (nSPS) is 28.5. The van der Waals surface area contributed by atoms with Gasteiger partial charge in [0.25, 0.3) is 5.91 Å². The van der Waals surface area contributed by atoms with Gasteiger partial charge in [0.15, 0.2) is 6.61 Å². The van der Waals surface area contributed by atoms with Crippen molar-refractivity contribution in [2.45, 2.75) is 51.0 Å². The lowest BCUT2D eigenvalue weighted by atomic mass is 9.53. The van der Waals surface area contributed by atoms with Crippen molar-refractivity contribution >= 4 is 29.5 Å². The van der Waals surface area contributed by atoms with Crippen LogP contribution in [0.5, 0.6) is 0 Å². The summed E-state index contributed by atoms with van der Waals surface area (Å²) in [6.45, 7) is 0.848. The van der Waals surface area contributed by atoms with Crippen LogP contribution in [0.4, 0.5) is 10.5 Å². The summed E-state index contributed by atoms with van der Waals surface area (Å²) in [5.74, 6) is 0.496. The maximum absolute atomic E-state index is 12.4. The number of urea groups is 1. The number of carbonyl (C=O) groups is 4. The van der Waals surface area contributed by atoms with Crippen molar-refractivity contribution in [1.29, 1.82) is 0 Å². The Labute approximate surface area is 175 Å². The van der Waals surface area contributed by atoms with Crippen LogP contribution in [0.1, 0.15) is 55.8 Å². The minimum absolute atomic E-state index is 0.189. The molecule has 1 aromatic rings. The standard InChI is InChI=1S/C22H27N3O5/c1-13(26)23-18-4-2-17(3-5-18)20(28)30-12-19(27)24-21(29)25-22-9-14-6-15(10-22)8-16(7-14)11-22/h2-5,14-16H,6-12H2,1H3,(H,23,26)(H2,24,25,27,29). The van der Waals surface area contributed by atoms with E-state index < -0.39 is 24.5 Å². The zero-order chi connectivity index (χ0) is 21.3. The lowest BCUT2D eigenvalue weighted by Gasteiger charge is -2.56. The van der Waals surface area contributed by atoms with Gasteiger partial charge in [0.05, 0.1) is 5.56 Å². The van der Waals surface area contributed by atoms with Gasteiger partial charge < -0.3 is 15.4 Å². The lowest BCUT2D eigenvalue weighted by molar-refractivity contribution is -0.123. The number of anilines is 1. The van der Waals surface area contributed by atoms with E-state index in [-0.39, 0.29) is 17.0 Å². The number of esters is 1. The highest BCUT2D eigenvalue weighted by Crippen LogP contribution is 2.55. The number of amides is 4. The minimum Gasteiger partial charge on any atom is -0.452 e. The number of hydrogen-bond acceptors (Lipinski definition) is 5. The van der Waals surface area contributed by atoms with E-state index in [1.807, 2.05) is 0 Å². The first-order chi connectivity index (χ1) is 14.3. The molecule has 3 N–H and O–H groups in total. The Morgan fingerprint density at radius 2 is 1.53 bits per heavy atom. The van der Waals surface area contributed by atoms with Crippen molar-refractivity contribution in [3.8, 4) is 0 Å². The summed E-state index contributed by atoms with van der Waals surface area (Å²) < 4.78 is 4.99. The number of nitrogens with one attached hydrogen (secondary N) is 3. The summed E-state index contributed by atoms with van der Waals surface area (Å²) >= 11 is 0. The molecule has 0 radical (unpaired) electrons. The molecular formula is C22H27N3O5. The molecule has 0 saturated heterocycles. The Morgan fingerprint density at radius 3 is 2.07 bits per heavy atom. The van der Waals surface area contributed by atoms with Gasteiger partial charge in [-0.25, -0.2) is 9.59 Å². The summed E-state index contributed by atoms with van der Waals surface area (Å²) in [5, 5.41) is 7.93. The van der Waals surface area contributed by atoms with E-state index in [0.717, 1.165) is 19.3 Å². The monoisotopic (exact) mass is 413 g/mol. The van der Waals surface area contributed by atoms with Crippen LogP contribution in [0.3, 0.4) is 0 Å². The average Bonchev–Trinajstić information content (AvgIpc) is 2.64. The highest BCUT2D eigenvalue weighted by molar-refractivity contribution is 5.97. The molecule has 0 aromatic heterocycles. The molecule has 4 aliphatic rings. The number of imide groups is 1. The maximum atomic E-state index is 12.4. The Morgan fingerprint density at radius 1 is 0.967 bits per heavy atom. The fraction of sp³-hybridized carbons (Fsp3) is 0.545. The van der Waals surface area contributed by atoms with Crippen molar-refractivity contribution in [3.05, 3.63) is 29.8 Å². The first-order valence-corrected chi connectivity index (χ1v) is 10.5. The van der Waals surface area contributed by atoms with E-state index in [1.165, 1.54) is 38.3 Å². The van der Waals surface area contributed by atoms with E-state index >= 15 is 0 Å². The quantitative estimate of drug-likeness (QED) is 0.642. The fourth-order valence-corrected chi connectivity index (χ4v) is 5.81.